The maximum atomic E-state index is 12.4. The normalized spacial score (nSPS) is 18.7. The van der Waals surface area contributed by atoms with Crippen molar-refractivity contribution in [3.8, 4) is 0 Å². The molecule has 0 aliphatic carbocycles. The van der Waals surface area contributed by atoms with Crippen LogP contribution in [0.1, 0.15) is 24.2 Å². The van der Waals surface area contributed by atoms with E-state index in [1.807, 2.05) is 60.7 Å². The van der Waals surface area contributed by atoms with Gasteiger partial charge in [-0.2, -0.15) is 0 Å². The van der Waals surface area contributed by atoms with Gasteiger partial charge in [-0.1, -0.05) is 60.7 Å². The van der Waals surface area contributed by atoms with Crippen LogP contribution in [0.15, 0.2) is 60.7 Å². The van der Waals surface area contributed by atoms with Crippen LogP contribution in [0.3, 0.4) is 0 Å². The first-order valence-electron chi connectivity index (χ1n) is 8.58. The second kappa shape index (κ2) is 8.35. The van der Waals surface area contributed by atoms with Crippen LogP contribution >= 0.6 is 0 Å². The Morgan fingerprint density at radius 3 is 2.37 bits per heavy atom. The average Bonchev–Trinajstić information content (AvgIpc) is 3.00. The predicted molar refractivity (Wildman–Crippen MR) is 96.6 cm³/mol. The Kier molecular flexibility index (Phi) is 5.71. The van der Waals surface area contributed by atoms with E-state index in [9.17, 15) is 14.4 Å². The summed E-state index contributed by atoms with van der Waals surface area (Å²) in [6.07, 6.45) is -1.99. The molecule has 1 heterocycles. The van der Waals surface area contributed by atoms with Gasteiger partial charge >= 0.3 is 12.2 Å². The van der Waals surface area contributed by atoms with Crippen molar-refractivity contribution in [3.63, 3.8) is 0 Å². The third kappa shape index (κ3) is 4.44. The first-order chi connectivity index (χ1) is 13.1. The van der Waals surface area contributed by atoms with Crippen molar-refractivity contribution in [1.29, 1.82) is 0 Å². The minimum Gasteiger partial charge on any atom is -0.445 e. The zero-order valence-electron chi connectivity index (χ0n) is 14.8. The van der Waals surface area contributed by atoms with E-state index in [-0.39, 0.29) is 13.2 Å². The minimum absolute atomic E-state index is 0.0963. The molecule has 2 aromatic carbocycles. The highest BCUT2D eigenvalue weighted by molar-refractivity contribution is 5.95. The number of imide groups is 1. The first-order valence-corrected chi connectivity index (χ1v) is 8.58. The zero-order chi connectivity index (χ0) is 19.2. The summed E-state index contributed by atoms with van der Waals surface area (Å²) in [5.74, 6) is -0.553. The molecule has 3 amide bonds. The molecule has 1 saturated heterocycles. The first kappa shape index (κ1) is 18.4. The van der Waals surface area contributed by atoms with Crippen molar-refractivity contribution < 1.29 is 23.9 Å². The number of alkyl carbamates (subject to hydrolysis) is 1. The molecule has 0 bridgehead atoms. The summed E-state index contributed by atoms with van der Waals surface area (Å²) in [5, 5.41) is 2.37. The summed E-state index contributed by atoms with van der Waals surface area (Å²) in [6, 6.07) is 17.9. The number of carbonyl (C=O) groups is 3. The highest BCUT2D eigenvalue weighted by Gasteiger charge is 2.43. The molecule has 7 nitrogen and oxygen atoms in total. The molecule has 27 heavy (non-hydrogen) atoms. The van der Waals surface area contributed by atoms with Crippen LogP contribution in [0, 0.1) is 0 Å². The summed E-state index contributed by atoms with van der Waals surface area (Å²) < 4.78 is 10.4. The second-order valence-electron chi connectivity index (χ2n) is 6.13. The molecule has 2 atom stereocenters. The van der Waals surface area contributed by atoms with Crippen LogP contribution in [-0.2, 0) is 20.9 Å². The van der Waals surface area contributed by atoms with Gasteiger partial charge in [-0.05, 0) is 18.1 Å². The Bertz CT molecular complexity index is 810. The van der Waals surface area contributed by atoms with E-state index in [1.165, 1.54) is 0 Å². The Morgan fingerprint density at radius 2 is 1.70 bits per heavy atom. The highest BCUT2D eigenvalue weighted by atomic mass is 16.6. The van der Waals surface area contributed by atoms with Crippen LogP contribution in [0.4, 0.5) is 9.59 Å². The fourth-order valence-corrected chi connectivity index (χ4v) is 2.89. The van der Waals surface area contributed by atoms with Gasteiger partial charge in [-0.25, -0.2) is 14.5 Å². The zero-order valence-corrected chi connectivity index (χ0v) is 14.8. The number of rotatable bonds is 5. The van der Waals surface area contributed by atoms with Crippen LogP contribution in [0.25, 0.3) is 0 Å². The average molecular weight is 368 g/mol. The third-order valence-electron chi connectivity index (χ3n) is 4.26. The second-order valence-corrected chi connectivity index (χ2v) is 6.13. The Balaban J connectivity index is 1.51. The summed E-state index contributed by atoms with van der Waals surface area (Å²) in [6.45, 7) is 1.47. The van der Waals surface area contributed by atoms with Crippen molar-refractivity contribution in [3.05, 3.63) is 71.8 Å². The SMILES string of the molecule is C[C@H]1[C@@H](c2ccccc2)OC(=O)N1C(=O)CNC(=O)OCc1ccccc1. The lowest BCUT2D eigenvalue weighted by Gasteiger charge is -2.19. The van der Waals surface area contributed by atoms with Crippen molar-refractivity contribution in [2.75, 3.05) is 6.54 Å². The van der Waals surface area contributed by atoms with Gasteiger partial charge in [0.25, 0.3) is 5.91 Å². The van der Waals surface area contributed by atoms with E-state index >= 15 is 0 Å². The molecule has 0 radical (unpaired) electrons. The highest BCUT2D eigenvalue weighted by Crippen LogP contribution is 2.32. The number of amides is 3. The summed E-state index contributed by atoms with van der Waals surface area (Å²) in [5.41, 5.74) is 1.64. The number of ether oxygens (including phenoxy) is 2. The van der Waals surface area contributed by atoms with Gasteiger partial charge in [0.15, 0.2) is 0 Å². The van der Waals surface area contributed by atoms with Crippen molar-refractivity contribution in [2.45, 2.75) is 25.7 Å². The van der Waals surface area contributed by atoms with E-state index in [0.717, 1.165) is 16.0 Å². The fraction of sp³-hybridized carbons (Fsp3) is 0.250. The number of hydrogen-bond donors (Lipinski definition) is 1. The van der Waals surface area contributed by atoms with Crippen LogP contribution in [0.5, 0.6) is 0 Å². The van der Waals surface area contributed by atoms with Crippen LogP contribution in [0.2, 0.25) is 0 Å². The minimum atomic E-state index is -0.730. The molecule has 0 aromatic heterocycles. The summed E-state index contributed by atoms with van der Waals surface area (Å²) >= 11 is 0. The lowest BCUT2D eigenvalue weighted by atomic mass is 10.0. The molecular formula is C20H20N2O5. The monoisotopic (exact) mass is 368 g/mol. The lowest BCUT2D eigenvalue weighted by molar-refractivity contribution is -0.128. The molecule has 1 fully saturated rings. The van der Waals surface area contributed by atoms with E-state index in [0.29, 0.717) is 0 Å². The summed E-state index contributed by atoms with van der Waals surface area (Å²) in [4.78, 5) is 37.3. The molecule has 3 rings (SSSR count). The molecule has 0 unspecified atom stereocenters. The van der Waals surface area contributed by atoms with E-state index in [4.69, 9.17) is 9.47 Å². The topological polar surface area (TPSA) is 84.9 Å². The molecule has 1 aliphatic heterocycles. The van der Waals surface area contributed by atoms with Crippen molar-refractivity contribution in [2.24, 2.45) is 0 Å². The van der Waals surface area contributed by atoms with E-state index < -0.39 is 30.2 Å². The molecule has 0 spiro atoms. The molecule has 140 valence electrons. The molecule has 1 aliphatic rings. The molecule has 1 N–H and O–H groups in total. The maximum absolute atomic E-state index is 12.4. The van der Waals surface area contributed by atoms with Crippen molar-refractivity contribution in [1.82, 2.24) is 10.2 Å². The Hall–Kier alpha value is -3.35. The molecular weight excluding hydrogens is 348 g/mol. The predicted octanol–water partition coefficient (Wildman–Crippen LogP) is 3.02. The molecule has 7 heteroatoms. The van der Waals surface area contributed by atoms with Gasteiger partial charge in [0.05, 0.1) is 6.04 Å². The standard InChI is InChI=1S/C20H20N2O5/c1-14-18(16-10-6-3-7-11-16)27-20(25)22(14)17(23)12-21-19(24)26-13-15-8-4-2-5-9-15/h2-11,14,18H,12-13H2,1H3,(H,21,24)/t14-,18-/m0/s1. The number of nitrogens with one attached hydrogen (secondary N) is 1. The van der Waals surface area contributed by atoms with Crippen molar-refractivity contribution >= 4 is 18.1 Å². The lowest BCUT2D eigenvalue weighted by Crippen LogP contribution is -2.44. The quantitative estimate of drug-likeness (QED) is 0.877. The number of hydrogen-bond acceptors (Lipinski definition) is 5. The van der Waals surface area contributed by atoms with Crippen LogP contribution < -0.4 is 5.32 Å². The number of cyclic esters (lactones) is 1. The van der Waals surface area contributed by atoms with Crippen LogP contribution in [-0.4, -0.2) is 35.6 Å². The largest absolute Gasteiger partial charge is 0.445 e. The summed E-state index contributed by atoms with van der Waals surface area (Å²) in [7, 11) is 0. The van der Waals surface area contributed by atoms with Gasteiger partial charge in [-0.15, -0.1) is 0 Å². The fourth-order valence-electron chi connectivity index (χ4n) is 2.89. The van der Waals surface area contributed by atoms with Gasteiger partial charge in [-0.3, -0.25) is 4.79 Å². The molecule has 0 saturated carbocycles. The van der Waals surface area contributed by atoms with Gasteiger partial charge in [0, 0.05) is 0 Å². The van der Waals surface area contributed by atoms with Gasteiger partial charge in [0.1, 0.15) is 19.3 Å². The van der Waals surface area contributed by atoms with Gasteiger partial charge in [0.2, 0.25) is 0 Å². The Morgan fingerprint density at radius 1 is 1.07 bits per heavy atom. The van der Waals surface area contributed by atoms with E-state index in [2.05, 4.69) is 5.32 Å². The maximum Gasteiger partial charge on any atom is 0.417 e. The number of carbonyl (C=O) groups excluding carboxylic acids is 3. The van der Waals surface area contributed by atoms with Gasteiger partial charge < -0.3 is 14.8 Å². The molecule has 2 aromatic rings. The van der Waals surface area contributed by atoms with E-state index in [1.54, 1.807) is 6.92 Å². The smallest absolute Gasteiger partial charge is 0.417 e. The Labute approximate surface area is 156 Å². The number of benzene rings is 2. The third-order valence-corrected chi connectivity index (χ3v) is 4.26. The number of nitrogens with zero attached hydrogens (tertiary/aromatic N) is 1.